The van der Waals surface area contributed by atoms with Gasteiger partial charge in [-0.2, -0.15) is 0 Å². The average molecular weight is 1230 g/mol. The molecule has 0 saturated heterocycles. The summed E-state index contributed by atoms with van der Waals surface area (Å²) in [6.07, 6.45) is 5.51. The third-order valence-corrected chi connectivity index (χ3v) is 15.5. The molecule has 0 radical (unpaired) electrons. The molecule has 0 aliphatic heterocycles. The smallest absolute Gasteiger partial charge is 0.454 e. The van der Waals surface area contributed by atoms with Crippen LogP contribution in [0.3, 0.4) is 0 Å². The molecule has 0 unspecified atom stereocenters. The summed E-state index contributed by atoms with van der Waals surface area (Å²) in [6.45, 7) is 4.24. The van der Waals surface area contributed by atoms with Crippen LogP contribution in [0.25, 0.3) is 145 Å². The van der Waals surface area contributed by atoms with Crippen LogP contribution in [0.5, 0.6) is 0 Å². The Bertz CT molecular complexity index is 4470. The summed E-state index contributed by atoms with van der Waals surface area (Å²) in [7, 11) is 0. The van der Waals surface area contributed by atoms with Gasteiger partial charge in [0.2, 0.25) is 0 Å². The molecular formula is C77H50IrN3O. The number of benzene rings is 10. The quantitative estimate of drug-likeness (QED) is 0.121. The number of furan rings is 1. The number of aromatic nitrogens is 3. The predicted octanol–water partition coefficient (Wildman–Crippen LogP) is 20.1. The SMILES string of the molecule is Cc1ccc(C)c2c1oc1cnc(-c3[c-]cc(-c4ccccc4-c4cc(-c5ccccc5-c5c[c-]c(-c6ccccn6)cc5)cc(-c5ccccc5-c5c[c-]c(-c6ccccn6)cc5)c4)c(-c4ccc(-c5ccccc5)cc4)c3)cc12.[Ir+3]. The molecule has 0 amide bonds. The normalized spacial score (nSPS) is 11.2. The Balaban J connectivity index is 0.00000631. The number of hydrogen-bond donors (Lipinski definition) is 0. The number of rotatable bonds is 11. The molecule has 0 saturated carbocycles. The van der Waals surface area contributed by atoms with E-state index in [0.717, 1.165) is 145 Å². The van der Waals surface area contributed by atoms with Crippen molar-refractivity contribution in [1.82, 2.24) is 15.0 Å². The van der Waals surface area contributed by atoms with Crippen molar-refractivity contribution in [2.24, 2.45) is 0 Å². The summed E-state index contributed by atoms with van der Waals surface area (Å²) in [5.74, 6) is 0. The summed E-state index contributed by atoms with van der Waals surface area (Å²) in [5.41, 5.74) is 26.9. The van der Waals surface area contributed by atoms with E-state index in [0.29, 0.717) is 0 Å². The first kappa shape index (κ1) is 51.5. The van der Waals surface area contributed by atoms with Gasteiger partial charge in [0.05, 0.1) is 6.20 Å². The van der Waals surface area contributed by atoms with Crippen molar-refractivity contribution >= 4 is 21.9 Å². The molecule has 388 valence electrons. The molecule has 5 heteroatoms. The van der Waals surface area contributed by atoms with E-state index in [-0.39, 0.29) is 20.1 Å². The van der Waals surface area contributed by atoms with E-state index in [2.05, 4.69) is 254 Å². The van der Waals surface area contributed by atoms with Crippen molar-refractivity contribution in [2.75, 3.05) is 0 Å². The van der Waals surface area contributed by atoms with Gasteiger partial charge < -0.3 is 19.4 Å². The zero-order valence-electron chi connectivity index (χ0n) is 45.0. The van der Waals surface area contributed by atoms with Gasteiger partial charge in [0.25, 0.3) is 0 Å². The van der Waals surface area contributed by atoms with E-state index >= 15 is 0 Å². The zero-order valence-corrected chi connectivity index (χ0v) is 47.4. The third-order valence-electron chi connectivity index (χ3n) is 15.5. The second kappa shape index (κ2) is 22.3. The van der Waals surface area contributed by atoms with E-state index in [1.54, 1.807) is 0 Å². The number of aryl methyl sites for hydroxylation is 2. The molecule has 14 aromatic rings. The van der Waals surface area contributed by atoms with Gasteiger partial charge in [0, 0.05) is 23.2 Å². The largest absolute Gasteiger partial charge is 3.00 e. The fraction of sp³-hybridized carbons (Fsp3) is 0.0260. The van der Waals surface area contributed by atoms with Gasteiger partial charge in [-0.3, -0.25) is 0 Å². The van der Waals surface area contributed by atoms with Gasteiger partial charge in [-0.1, -0.05) is 209 Å². The molecule has 14 rings (SSSR count). The van der Waals surface area contributed by atoms with E-state index in [1.165, 1.54) is 11.1 Å². The van der Waals surface area contributed by atoms with E-state index in [1.807, 2.05) is 55.0 Å². The van der Waals surface area contributed by atoms with Crippen LogP contribution in [-0.4, -0.2) is 15.0 Å². The molecule has 0 atom stereocenters. The average Bonchev–Trinajstić information content (AvgIpc) is 4.16. The van der Waals surface area contributed by atoms with Crippen LogP contribution in [0.4, 0.5) is 0 Å². The van der Waals surface area contributed by atoms with Crippen molar-refractivity contribution < 1.29 is 24.5 Å². The van der Waals surface area contributed by atoms with Crippen molar-refractivity contribution in [3.8, 4) is 123 Å². The minimum atomic E-state index is 0. The maximum atomic E-state index is 6.42. The van der Waals surface area contributed by atoms with E-state index in [9.17, 15) is 0 Å². The van der Waals surface area contributed by atoms with Crippen molar-refractivity contribution in [1.29, 1.82) is 0 Å². The maximum Gasteiger partial charge on any atom is 3.00 e. The van der Waals surface area contributed by atoms with Gasteiger partial charge in [0.15, 0.2) is 5.58 Å². The van der Waals surface area contributed by atoms with Crippen LogP contribution in [0, 0.1) is 32.0 Å². The van der Waals surface area contributed by atoms with Crippen LogP contribution in [-0.2, 0) is 20.1 Å². The Morgan fingerprint density at radius 1 is 0.317 bits per heavy atom. The number of nitrogens with zero attached hydrogens (tertiary/aromatic N) is 3. The monoisotopic (exact) mass is 1230 g/mol. The van der Waals surface area contributed by atoms with Crippen LogP contribution in [0.1, 0.15) is 11.1 Å². The molecule has 10 aromatic carbocycles. The summed E-state index contributed by atoms with van der Waals surface area (Å²) in [4.78, 5) is 14.2. The summed E-state index contributed by atoms with van der Waals surface area (Å²) < 4.78 is 6.42. The Kier molecular flexibility index (Phi) is 14.0. The van der Waals surface area contributed by atoms with E-state index in [4.69, 9.17) is 9.40 Å². The molecule has 4 nitrogen and oxygen atoms in total. The standard InChI is InChI=1S/C77H50N3O.Ir/c1-50-26-27-51(2)77-76(50)71-48-74(80-49-75(71)81-77)59-40-41-69(70(47-59)56-30-28-53(29-31-56)52-16-4-3-5-17-52)68-23-11-10-22-67(68)62-45-60(65-20-8-6-18-63(65)54-32-36-57(37-33-54)72-24-12-14-42-78-72)44-61(46-62)66-21-9-7-19-64(66)55-34-38-58(39-35-55)73-25-13-15-43-79-73;/h3-36,38,41-49H,1-2H3;/q-3;+3. The molecule has 0 aliphatic carbocycles. The maximum absolute atomic E-state index is 6.42. The summed E-state index contributed by atoms with van der Waals surface area (Å²) in [5, 5.41) is 2.17. The molecule has 82 heavy (non-hydrogen) atoms. The van der Waals surface area contributed by atoms with Crippen LogP contribution < -0.4 is 0 Å². The Morgan fingerprint density at radius 2 is 0.780 bits per heavy atom. The molecule has 0 bridgehead atoms. The first-order valence-corrected chi connectivity index (χ1v) is 27.3. The second-order valence-corrected chi connectivity index (χ2v) is 20.5. The Hall–Kier alpha value is -9.90. The van der Waals surface area contributed by atoms with Gasteiger partial charge in [-0.15, -0.1) is 83.4 Å². The van der Waals surface area contributed by atoms with Gasteiger partial charge >= 0.3 is 20.1 Å². The van der Waals surface area contributed by atoms with Crippen molar-refractivity contribution in [3.63, 3.8) is 0 Å². The molecule has 4 heterocycles. The molecule has 0 fully saturated rings. The fourth-order valence-electron chi connectivity index (χ4n) is 11.4. The number of fused-ring (bicyclic) bond motifs is 3. The van der Waals surface area contributed by atoms with Gasteiger partial charge in [0.1, 0.15) is 5.58 Å². The van der Waals surface area contributed by atoms with Crippen LogP contribution >= 0.6 is 0 Å². The fourth-order valence-corrected chi connectivity index (χ4v) is 11.4. The first-order chi connectivity index (χ1) is 40.0. The van der Waals surface area contributed by atoms with Crippen LogP contribution in [0.2, 0.25) is 0 Å². The molecule has 4 aromatic heterocycles. The molecule has 0 N–H and O–H groups in total. The predicted molar refractivity (Wildman–Crippen MR) is 333 cm³/mol. The van der Waals surface area contributed by atoms with Gasteiger partial charge in [-0.25, -0.2) is 0 Å². The van der Waals surface area contributed by atoms with E-state index < -0.39 is 0 Å². The van der Waals surface area contributed by atoms with Crippen molar-refractivity contribution in [2.45, 2.75) is 13.8 Å². The Labute approximate surface area is 491 Å². The first-order valence-electron chi connectivity index (χ1n) is 27.3. The minimum absolute atomic E-state index is 0. The van der Waals surface area contributed by atoms with Gasteiger partial charge in [-0.05, 0) is 122 Å². The molecule has 0 aliphatic rings. The number of pyridine rings is 3. The second-order valence-electron chi connectivity index (χ2n) is 20.5. The topological polar surface area (TPSA) is 51.8 Å². The summed E-state index contributed by atoms with van der Waals surface area (Å²) >= 11 is 0. The molecular weight excluding hydrogens is 1180 g/mol. The van der Waals surface area contributed by atoms with Crippen LogP contribution in [0.15, 0.2) is 272 Å². The molecule has 0 spiro atoms. The Morgan fingerprint density at radius 3 is 1.32 bits per heavy atom. The zero-order chi connectivity index (χ0) is 54.2. The van der Waals surface area contributed by atoms with Crippen molar-refractivity contribution in [3.05, 3.63) is 297 Å². The number of hydrogen-bond acceptors (Lipinski definition) is 4. The summed E-state index contributed by atoms with van der Waals surface area (Å²) in [6, 6.07) is 99.2. The third kappa shape index (κ3) is 9.88. The minimum Gasteiger partial charge on any atom is -0.454 e.